The fourth-order valence-corrected chi connectivity index (χ4v) is 3.91. The molecule has 28 heavy (non-hydrogen) atoms. The molecular weight excluding hydrogens is 413 g/mol. The molecule has 1 N–H and O–H groups in total. The number of carbonyl (C=O) groups excluding carboxylic acids is 1. The smallest absolute Gasteiger partial charge is 0.230 e. The van der Waals surface area contributed by atoms with Crippen LogP contribution in [0.15, 0.2) is 48.1 Å². The lowest BCUT2D eigenvalue weighted by molar-refractivity contribution is -0.125. The van der Waals surface area contributed by atoms with E-state index in [4.69, 9.17) is 23.2 Å². The molecule has 2 heterocycles. The molecule has 3 rings (SSSR count). The van der Waals surface area contributed by atoms with E-state index >= 15 is 0 Å². The van der Waals surface area contributed by atoms with Crippen LogP contribution >= 0.6 is 34.5 Å². The summed E-state index contributed by atoms with van der Waals surface area (Å²) in [5, 5.41) is 7.07. The molecule has 0 aliphatic rings. The lowest BCUT2D eigenvalue weighted by atomic mass is 9.83. The lowest BCUT2D eigenvalue weighted by Gasteiger charge is -2.24. The van der Waals surface area contributed by atoms with Crippen LogP contribution < -0.4 is 5.32 Å². The Morgan fingerprint density at radius 2 is 1.89 bits per heavy atom. The van der Waals surface area contributed by atoms with Gasteiger partial charge in [0.15, 0.2) is 0 Å². The molecule has 0 aliphatic heterocycles. The first-order valence-corrected chi connectivity index (χ1v) is 10.6. The van der Waals surface area contributed by atoms with Crippen molar-refractivity contribution in [3.05, 3.63) is 68.7 Å². The van der Waals surface area contributed by atoms with Crippen molar-refractivity contribution in [3.63, 3.8) is 0 Å². The van der Waals surface area contributed by atoms with Crippen molar-refractivity contribution >= 4 is 40.4 Å². The summed E-state index contributed by atoms with van der Waals surface area (Å²) in [4.78, 5) is 21.3. The van der Waals surface area contributed by atoms with E-state index in [0.717, 1.165) is 34.7 Å². The number of pyridine rings is 1. The van der Waals surface area contributed by atoms with E-state index in [1.807, 2.05) is 32.0 Å². The largest absolute Gasteiger partial charge is 0.355 e. The second-order valence-electron chi connectivity index (χ2n) is 6.98. The second kappa shape index (κ2) is 9.03. The normalized spacial score (nSPS) is 11.4. The van der Waals surface area contributed by atoms with Crippen LogP contribution in [0, 0.1) is 0 Å². The van der Waals surface area contributed by atoms with Gasteiger partial charge in [-0.2, -0.15) is 0 Å². The fourth-order valence-electron chi connectivity index (χ4n) is 2.76. The minimum atomic E-state index is -0.691. The highest BCUT2D eigenvalue weighted by Crippen LogP contribution is 2.30. The number of hydrogen-bond donors (Lipinski definition) is 1. The first-order valence-electron chi connectivity index (χ1n) is 8.96. The minimum Gasteiger partial charge on any atom is -0.355 e. The highest BCUT2D eigenvalue weighted by Gasteiger charge is 2.29. The summed E-state index contributed by atoms with van der Waals surface area (Å²) in [5.41, 5.74) is 2.17. The van der Waals surface area contributed by atoms with E-state index < -0.39 is 5.41 Å². The van der Waals surface area contributed by atoms with Crippen molar-refractivity contribution in [2.75, 3.05) is 6.54 Å². The van der Waals surface area contributed by atoms with Crippen LogP contribution in [-0.4, -0.2) is 22.4 Å². The SMILES string of the molecule is CC(C)(C(=O)NCCCc1nc(-c2ccncc2)cs1)c1ccc(Cl)c(Cl)c1. The van der Waals surface area contributed by atoms with Gasteiger partial charge in [0, 0.05) is 36.3 Å². The summed E-state index contributed by atoms with van der Waals surface area (Å²) in [7, 11) is 0. The van der Waals surface area contributed by atoms with Crippen molar-refractivity contribution in [1.82, 2.24) is 15.3 Å². The van der Waals surface area contributed by atoms with Gasteiger partial charge in [0.1, 0.15) is 0 Å². The van der Waals surface area contributed by atoms with Gasteiger partial charge in [-0.3, -0.25) is 9.78 Å². The Morgan fingerprint density at radius 3 is 2.61 bits per heavy atom. The molecule has 0 aliphatic carbocycles. The molecule has 2 aromatic heterocycles. The zero-order chi connectivity index (χ0) is 20.1. The number of aryl methyl sites for hydroxylation is 1. The van der Waals surface area contributed by atoms with Crippen LogP contribution in [0.3, 0.4) is 0 Å². The zero-order valence-electron chi connectivity index (χ0n) is 15.7. The molecule has 1 amide bonds. The van der Waals surface area contributed by atoms with Crippen LogP contribution in [-0.2, 0) is 16.6 Å². The maximum Gasteiger partial charge on any atom is 0.230 e. The Morgan fingerprint density at radius 1 is 1.14 bits per heavy atom. The van der Waals surface area contributed by atoms with Gasteiger partial charge in [0.05, 0.1) is 26.2 Å². The van der Waals surface area contributed by atoms with Crippen molar-refractivity contribution in [2.24, 2.45) is 0 Å². The molecule has 3 aromatic rings. The first-order chi connectivity index (χ1) is 13.4. The molecule has 0 unspecified atom stereocenters. The number of amides is 1. The monoisotopic (exact) mass is 433 g/mol. The fraction of sp³-hybridized carbons (Fsp3) is 0.286. The lowest BCUT2D eigenvalue weighted by Crippen LogP contribution is -2.40. The van der Waals surface area contributed by atoms with Crippen LogP contribution in [0.25, 0.3) is 11.3 Å². The number of carbonyl (C=O) groups is 1. The van der Waals surface area contributed by atoms with E-state index in [1.165, 1.54) is 0 Å². The quantitative estimate of drug-likeness (QED) is 0.497. The van der Waals surface area contributed by atoms with Crippen molar-refractivity contribution < 1.29 is 4.79 Å². The van der Waals surface area contributed by atoms with Gasteiger partial charge in [-0.05, 0) is 50.1 Å². The number of benzene rings is 1. The molecule has 0 atom stereocenters. The molecular formula is C21H21Cl2N3OS. The topological polar surface area (TPSA) is 54.9 Å². The predicted molar refractivity (Wildman–Crippen MR) is 116 cm³/mol. The Hall–Kier alpha value is -1.95. The third kappa shape index (κ3) is 4.90. The summed E-state index contributed by atoms with van der Waals surface area (Å²) >= 11 is 13.7. The minimum absolute atomic E-state index is 0.0393. The van der Waals surface area contributed by atoms with Crippen LogP contribution in [0.2, 0.25) is 10.0 Å². The van der Waals surface area contributed by atoms with Gasteiger partial charge in [0.25, 0.3) is 0 Å². The molecule has 0 saturated carbocycles. The second-order valence-corrected chi connectivity index (χ2v) is 8.73. The molecule has 1 aromatic carbocycles. The van der Waals surface area contributed by atoms with E-state index in [2.05, 4.69) is 20.7 Å². The summed E-state index contributed by atoms with van der Waals surface area (Å²) in [5.74, 6) is -0.0393. The van der Waals surface area contributed by atoms with E-state index in [1.54, 1.807) is 35.9 Å². The molecule has 0 spiro atoms. The van der Waals surface area contributed by atoms with Crippen LogP contribution in [0.5, 0.6) is 0 Å². The number of aromatic nitrogens is 2. The number of nitrogens with zero attached hydrogens (tertiary/aromatic N) is 2. The maximum absolute atomic E-state index is 12.7. The Balaban J connectivity index is 1.51. The number of nitrogens with one attached hydrogen (secondary N) is 1. The molecule has 0 radical (unpaired) electrons. The molecule has 0 bridgehead atoms. The van der Waals surface area contributed by atoms with Crippen molar-refractivity contribution in [3.8, 4) is 11.3 Å². The van der Waals surface area contributed by atoms with Crippen LogP contribution in [0.4, 0.5) is 0 Å². The molecule has 0 fully saturated rings. The van der Waals surface area contributed by atoms with Gasteiger partial charge in [0.2, 0.25) is 5.91 Å². The van der Waals surface area contributed by atoms with E-state index in [0.29, 0.717) is 16.6 Å². The number of thiazole rings is 1. The summed E-state index contributed by atoms with van der Waals surface area (Å²) in [6, 6.07) is 9.20. The van der Waals surface area contributed by atoms with Crippen molar-refractivity contribution in [1.29, 1.82) is 0 Å². The van der Waals surface area contributed by atoms with Gasteiger partial charge in [-0.1, -0.05) is 29.3 Å². The van der Waals surface area contributed by atoms with Gasteiger partial charge in [-0.15, -0.1) is 11.3 Å². The van der Waals surface area contributed by atoms with E-state index in [9.17, 15) is 4.79 Å². The van der Waals surface area contributed by atoms with Gasteiger partial charge in [-0.25, -0.2) is 4.98 Å². The third-order valence-electron chi connectivity index (χ3n) is 4.59. The molecule has 4 nitrogen and oxygen atoms in total. The highest BCUT2D eigenvalue weighted by molar-refractivity contribution is 7.09. The number of hydrogen-bond acceptors (Lipinski definition) is 4. The molecule has 146 valence electrons. The maximum atomic E-state index is 12.7. The third-order valence-corrected chi connectivity index (χ3v) is 6.24. The summed E-state index contributed by atoms with van der Waals surface area (Å²) in [6.45, 7) is 4.35. The van der Waals surface area contributed by atoms with Crippen LogP contribution in [0.1, 0.15) is 30.8 Å². The Labute approximate surface area is 178 Å². The summed E-state index contributed by atoms with van der Waals surface area (Å²) in [6.07, 6.45) is 5.18. The highest BCUT2D eigenvalue weighted by atomic mass is 35.5. The van der Waals surface area contributed by atoms with Gasteiger partial charge < -0.3 is 5.32 Å². The zero-order valence-corrected chi connectivity index (χ0v) is 18.0. The number of rotatable bonds is 7. The van der Waals surface area contributed by atoms with Crippen molar-refractivity contribution in [2.45, 2.75) is 32.1 Å². The average molecular weight is 434 g/mol. The average Bonchev–Trinajstić information content (AvgIpc) is 3.16. The molecule has 7 heteroatoms. The molecule has 0 saturated heterocycles. The number of halogens is 2. The summed E-state index contributed by atoms with van der Waals surface area (Å²) < 4.78 is 0. The first kappa shape index (κ1) is 20.8. The Bertz CT molecular complexity index is 957. The Kier molecular flexibility index (Phi) is 6.70. The standard InChI is InChI=1S/C21H21Cl2N3OS/c1-21(2,15-5-6-16(22)17(23)12-15)20(27)25-9-3-4-19-26-18(13-28-19)14-7-10-24-11-8-14/h5-8,10-13H,3-4,9H2,1-2H3,(H,25,27). The van der Waals surface area contributed by atoms with Gasteiger partial charge >= 0.3 is 0 Å². The van der Waals surface area contributed by atoms with E-state index in [-0.39, 0.29) is 5.91 Å². The predicted octanol–water partition coefficient (Wildman–Crippen LogP) is 5.54.